The second-order valence-electron chi connectivity index (χ2n) is 11.3. The lowest BCUT2D eigenvalue weighted by Crippen LogP contribution is -1.94. The normalized spacial score (nSPS) is 11.7. The molecule has 0 N–H and O–H groups in total. The van der Waals surface area contributed by atoms with E-state index in [4.69, 9.17) is 0 Å². The Morgan fingerprint density at radius 3 is 1.33 bits per heavy atom. The molecule has 0 amide bonds. The monoisotopic (exact) mass is 545 g/mol. The molecule has 9 aromatic rings. The first-order valence-corrected chi connectivity index (χ1v) is 14.9. The molecule has 0 radical (unpaired) electrons. The largest absolute Gasteiger partial charge is 0.309 e. The lowest BCUT2D eigenvalue weighted by molar-refractivity contribution is 1.19. The van der Waals surface area contributed by atoms with Crippen LogP contribution in [0, 0.1) is 0 Å². The van der Waals surface area contributed by atoms with E-state index in [0.29, 0.717) is 0 Å². The maximum absolute atomic E-state index is 2.39. The fraction of sp³-hybridized carbons (Fsp3) is 0. The van der Waals surface area contributed by atoms with E-state index in [0.717, 1.165) is 0 Å². The number of fused-ring (bicyclic) bond motifs is 6. The molecule has 1 aromatic heterocycles. The minimum Gasteiger partial charge on any atom is -0.309 e. The first-order chi connectivity index (χ1) is 21.3. The Balaban J connectivity index is 1.27. The summed E-state index contributed by atoms with van der Waals surface area (Å²) in [5.74, 6) is 0. The molecule has 0 saturated heterocycles. The first-order valence-electron chi connectivity index (χ1n) is 14.9. The topological polar surface area (TPSA) is 4.93 Å². The number of aromatic nitrogens is 1. The van der Waals surface area contributed by atoms with Gasteiger partial charge in [-0.05, 0) is 84.9 Å². The summed E-state index contributed by atoms with van der Waals surface area (Å²) in [5.41, 5.74) is 8.72. The Labute approximate surface area is 249 Å². The van der Waals surface area contributed by atoms with Crippen molar-refractivity contribution in [2.75, 3.05) is 0 Å². The van der Waals surface area contributed by atoms with Crippen molar-refractivity contribution in [1.29, 1.82) is 0 Å². The third-order valence-electron chi connectivity index (χ3n) is 8.94. The van der Waals surface area contributed by atoms with Gasteiger partial charge in [-0.2, -0.15) is 0 Å². The van der Waals surface area contributed by atoms with Crippen molar-refractivity contribution < 1.29 is 0 Å². The summed E-state index contributed by atoms with van der Waals surface area (Å²) in [7, 11) is 0. The van der Waals surface area contributed by atoms with Crippen LogP contribution in [0.25, 0.3) is 82.1 Å². The van der Waals surface area contributed by atoms with E-state index in [9.17, 15) is 0 Å². The second kappa shape index (κ2) is 9.44. The van der Waals surface area contributed by atoms with Gasteiger partial charge in [0.05, 0.1) is 11.0 Å². The van der Waals surface area contributed by atoms with Gasteiger partial charge < -0.3 is 4.57 Å². The molecule has 0 unspecified atom stereocenters. The number of benzene rings is 8. The van der Waals surface area contributed by atoms with E-state index in [1.54, 1.807) is 0 Å². The van der Waals surface area contributed by atoms with Crippen LogP contribution >= 0.6 is 0 Å². The van der Waals surface area contributed by atoms with Gasteiger partial charge in [-0.1, -0.05) is 133 Å². The van der Waals surface area contributed by atoms with Gasteiger partial charge in [0.2, 0.25) is 0 Å². The molecule has 0 aliphatic heterocycles. The van der Waals surface area contributed by atoms with Crippen LogP contribution in [0.2, 0.25) is 0 Å². The van der Waals surface area contributed by atoms with Gasteiger partial charge >= 0.3 is 0 Å². The SMILES string of the molecule is c1ccc(-c2c3ccccc3c(-c3ccc4cc(-n5c6ccccc6c6ccccc65)ccc4c3)c3ccccc23)cc1. The third kappa shape index (κ3) is 3.65. The zero-order valence-corrected chi connectivity index (χ0v) is 23.5. The van der Waals surface area contributed by atoms with Crippen molar-refractivity contribution in [1.82, 2.24) is 4.57 Å². The first kappa shape index (κ1) is 24.0. The summed E-state index contributed by atoms with van der Waals surface area (Å²) < 4.78 is 2.39. The maximum atomic E-state index is 2.39. The molecule has 0 saturated carbocycles. The standard InChI is InChI=1S/C42H27N/c1-2-12-28(13-3-1)41-35-16-4-6-18-37(35)42(38-19-7-5-17-36(38)41)31-23-22-30-27-32(25-24-29(30)26-31)43-39-20-10-8-14-33(39)34-15-9-11-21-40(34)43/h1-27H. The van der Waals surface area contributed by atoms with Crippen LogP contribution in [0.1, 0.15) is 0 Å². The molecule has 1 heterocycles. The quantitative estimate of drug-likeness (QED) is 0.195. The maximum Gasteiger partial charge on any atom is 0.0541 e. The van der Waals surface area contributed by atoms with Crippen molar-refractivity contribution in [2.45, 2.75) is 0 Å². The van der Waals surface area contributed by atoms with E-state index >= 15 is 0 Å². The van der Waals surface area contributed by atoms with Crippen LogP contribution in [-0.4, -0.2) is 4.57 Å². The van der Waals surface area contributed by atoms with Gasteiger partial charge in [-0.15, -0.1) is 0 Å². The van der Waals surface area contributed by atoms with E-state index < -0.39 is 0 Å². The van der Waals surface area contributed by atoms with E-state index in [1.165, 1.54) is 82.1 Å². The number of rotatable bonds is 3. The minimum atomic E-state index is 1.18. The number of nitrogens with zero attached hydrogens (tertiary/aromatic N) is 1. The summed E-state index contributed by atoms with van der Waals surface area (Å²) in [6.07, 6.45) is 0. The molecular weight excluding hydrogens is 518 g/mol. The molecule has 0 aliphatic rings. The van der Waals surface area contributed by atoms with Crippen LogP contribution in [0.5, 0.6) is 0 Å². The number of hydrogen-bond acceptors (Lipinski definition) is 0. The van der Waals surface area contributed by atoms with Gasteiger partial charge in [0.25, 0.3) is 0 Å². The molecule has 1 heteroatoms. The highest BCUT2D eigenvalue weighted by molar-refractivity contribution is 6.21. The molecule has 0 atom stereocenters. The number of para-hydroxylation sites is 2. The van der Waals surface area contributed by atoms with Gasteiger partial charge in [0.15, 0.2) is 0 Å². The Hall–Kier alpha value is -5.66. The predicted molar refractivity (Wildman–Crippen MR) is 184 cm³/mol. The lowest BCUT2D eigenvalue weighted by atomic mass is 9.85. The lowest BCUT2D eigenvalue weighted by Gasteiger charge is -2.18. The molecule has 8 aromatic carbocycles. The van der Waals surface area contributed by atoms with Crippen molar-refractivity contribution >= 4 is 54.1 Å². The Morgan fingerprint density at radius 2 is 0.744 bits per heavy atom. The van der Waals surface area contributed by atoms with Crippen molar-refractivity contribution in [3.05, 3.63) is 164 Å². The second-order valence-corrected chi connectivity index (χ2v) is 11.3. The van der Waals surface area contributed by atoms with Gasteiger partial charge in [0.1, 0.15) is 0 Å². The summed E-state index contributed by atoms with van der Waals surface area (Å²) in [6.45, 7) is 0. The van der Waals surface area contributed by atoms with Crippen LogP contribution < -0.4 is 0 Å². The summed E-state index contributed by atoms with van der Waals surface area (Å²) in [5, 5.41) is 10.2. The van der Waals surface area contributed by atoms with E-state index in [1.807, 2.05) is 0 Å². The van der Waals surface area contributed by atoms with E-state index in [-0.39, 0.29) is 0 Å². The average molecular weight is 546 g/mol. The van der Waals surface area contributed by atoms with Crippen molar-refractivity contribution in [3.8, 4) is 27.9 Å². The molecule has 0 aliphatic carbocycles. The molecule has 9 rings (SSSR count). The van der Waals surface area contributed by atoms with Crippen LogP contribution in [0.3, 0.4) is 0 Å². The molecular formula is C42H27N. The molecule has 0 bridgehead atoms. The Morgan fingerprint density at radius 1 is 0.302 bits per heavy atom. The third-order valence-corrected chi connectivity index (χ3v) is 8.94. The van der Waals surface area contributed by atoms with Crippen LogP contribution in [0.4, 0.5) is 0 Å². The zero-order chi connectivity index (χ0) is 28.3. The Bertz CT molecular complexity index is 2390. The molecule has 0 fully saturated rings. The zero-order valence-electron chi connectivity index (χ0n) is 23.5. The summed E-state index contributed by atoms with van der Waals surface area (Å²) in [6, 6.07) is 59.7. The fourth-order valence-electron chi connectivity index (χ4n) is 7.08. The van der Waals surface area contributed by atoms with Crippen molar-refractivity contribution in [3.63, 3.8) is 0 Å². The highest BCUT2D eigenvalue weighted by Crippen LogP contribution is 2.44. The van der Waals surface area contributed by atoms with E-state index in [2.05, 4.69) is 168 Å². The van der Waals surface area contributed by atoms with Gasteiger partial charge in [-0.3, -0.25) is 0 Å². The molecule has 200 valence electrons. The highest BCUT2D eigenvalue weighted by atomic mass is 15.0. The summed E-state index contributed by atoms with van der Waals surface area (Å²) >= 11 is 0. The average Bonchev–Trinajstić information content (AvgIpc) is 3.41. The number of hydrogen-bond donors (Lipinski definition) is 0. The van der Waals surface area contributed by atoms with Gasteiger partial charge in [-0.25, -0.2) is 0 Å². The van der Waals surface area contributed by atoms with Crippen molar-refractivity contribution in [2.24, 2.45) is 0 Å². The van der Waals surface area contributed by atoms with Crippen LogP contribution in [-0.2, 0) is 0 Å². The molecule has 0 spiro atoms. The van der Waals surface area contributed by atoms with Gasteiger partial charge in [0, 0.05) is 16.5 Å². The fourth-order valence-corrected chi connectivity index (χ4v) is 7.08. The molecule has 43 heavy (non-hydrogen) atoms. The molecule has 1 nitrogen and oxygen atoms in total. The summed E-state index contributed by atoms with van der Waals surface area (Å²) in [4.78, 5) is 0. The predicted octanol–water partition coefficient (Wildman–Crippen LogP) is 11.6. The smallest absolute Gasteiger partial charge is 0.0541 e. The Kier molecular flexibility index (Phi) is 5.27. The highest BCUT2D eigenvalue weighted by Gasteiger charge is 2.17. The minimum absolute atomic E-state index is 1.18. The van der Waals surface area contributed by atoms with Crippen LogP contribution in [0.15, 0.2) is 164 Å².